The highest BCUT2D eigenvalue weighted by atomic mass is 35.5. The van der Waals surface area contributed by atoms with E-state index in [2.05, 4.69) is 10.3 Å². The summed E-state index contributed by atoms with van der Waals surface area (Å²) in [6, 6.07) is 3.39. The molecule has 0 spiro atoms. The highest BCUT2D eigenvalue weighted by Gasteiger charge is 2.26. The van der Waals surface area contributed by atoms with Crippen LogP contribution in [0.25, 0.3) is 0 Å². The zero-order chi connectivity index (χ0) is 12.0. The Hall–Kier alpha value is -0.840. The Morgan fingerprint density at radius 2 is 1.78 bits per heavy atom. The second-order valence-corrected chi connectivity index (χ2v) is 3.88. The van der Waals surface area contributed by atoms with Crippen LogP contribution >= 0.6 is 24.8 Å². The van der Waals surface area contributed by atoms with Crippen LogP contribution in [0.2, 0.25) is 0 Å². The van der Waals surface area contributed by atoms with Crippen LogP contribution in [0.15, 0.2) is 24.5 Å². The summed E-state index contributed by atoms with van der Waals surface area (Å²) in [7, 11) is 0. The molecular weight excluding hydrogens is 273 g/mol. The van der Waals surface area contributed by atoms with Gasteiger partial charge in [0.25, 0.3) is 5.91 Å². The third-order valence-corrected chi connectivity index (χ3v) is 3.07. The average Bonchev–Trinajstić information content (AvgIpc) is 2.37. The molecule has 0 aliphatic carbocycles. The SMILES string of the molecule is CCC(CC)(CN)NC(=O)c1ccncc1.Cl.Cl. The standard InChI is InChI=1S/C12H19N3O.2ClH/c1-3-12(4-2,9-13)15-11(16)10-5-7-14-8-6-10;;/h5-8H,3-4,9,13H2,1-2H3,(H,15,16);2*1H. The number of hydrogen-bond acceptors (Lipinski definition) is 3. The van der Waals surface area contributed by atoms with Gasteiger partial charge in [-0.15, -0.1) is 24.8 Å². The first-order valence-corrected chi connectivity index (χ1v) is 5.60. The van der Waals surface area contributed by atoms with Crippen molar-refractivity contribution in [2.45, 2.75) is 32.2 Å². The molecule has 0 unspecified atom stereocenters. The minimum atomic E-state index is -0.291. The predicted octanol–water partition coefficient (Wildman–Crippen LogP) is 2.17. The molecule has 4 nitrogen and oxygen atoms in total. The first-order valence-electron chi connectivity index (χ1n) is 5.60. The highest BCUT2D eigenvalue weighted by Crippen LogP contribution is 2.14. The van der Waals surface area contributed by atoms with Gasteiger partial charge >= 0.3 is 0 Å². The van der Waals surface area contributed by atoms with Crippen LogP contribution in [0.5, 0.6) is 0 Å². The van der Waals surface area contributed by atoms with Crippen LogP contribution in [0, 0.1) is 0 Å². The van der Waals surface area contributed by atoms with Gasteiger partial charge in [-0.05, 0) is 25.0 Å². The molecule has 18 heavy (non-hydrogen) atoms. The van der Waals surface area contributed by atoms with Crippen molar-refractivity contribution >= 4 is 30.7 Å². The van der Waals surface area contributed by atoms with Gasteiger partial charge in [0.2, 0.25) is 0 Å². The summed E-state index contributed by atoms with van der Waals surface area (Å²) < 4.78 is 0. The van der Waals surface area contributed by atoms with Crippen LogP contribution in [0.1, 0.15) is 37.0 Å². The number of aromatic nitrogens is 1. The first-order chi connectivity index (χ1) is 7.67. The number of nitrogens with one attached hydrogen (secondary N) is 1. The van der Waals surface area contributed by atoms with E-state index >= 15 is 0 Å². The van der Waals surface area contributed by atoms with E-state index in [1.54, 1.807) is 24.5 Å². The molecule has 0 bridgehead atoms. The summed E-state index contributed by atoms with van der Waals surface area (Å²) in [6.07, 6.45) is 4.88. The minimum Gasteiger partial charge on any atom is -0.345 e. The predicted molar refractivity (Wildman–Crippen MR) is 78.6 cm³/mol. The van der Waals surface area contributed by atoms with Crippen LogP contribution < -0.4 is 11.1 Å². The Morgan fingerprint density at radius 1 is 1.28 bits per heavy atom. The summed E-state index contributed by atoms with van der Waals surface area (Å²) in [5.74, 6) is -0.0865. The van der Waals surface area contributed by atoms with Crippen LogP contribution in [0.4, 0.5) is 0 Å². The van der Waals surface area contributed by atoms with E-state index in [0.29, 0.717) is 12.1 Å². The van der Waals surface area contributed by atoms with E-state index in [4.69, 9.17) is 5.73 Å². The number of nitrogens with two attached hydrogens (primary N) is 1. The zero-order valence-corrected chi connectivity index (χ0v) is 12.3. The Balaban J connectivity index is 0. The van der Waals surface area contributed by atoms with Crippen molar-refractivity contribution in [1.82, 2.24) is 10.3 Å². The molecule has 0 aromatic carbocycles. The van der Waals surface area contributed by atoms with Crippen molar-refractivity contribution in [3.63, 3.8) is 0 Å². The van der Waals surface area contributed by atoms with Crippen molar-refractivity contribution in [2.24, 2.45) is 5.73 Å². The quantitative estimate of drug-likeness (QED) is 0.874. The number of pyridine rings is 1. The second-order valence-electron chi connectivity index (χ2n) is 3.88. The molecule has 6 heteroatoms. The Bertz CT molecular complexity index is 334. The number of carbonyl (C=O) groups excluding carboxylic acids is 1. The van der Waals surface area contributed by atoms with E-state index in [0.717, 1.165) is 12.8 Å². The highest BCUT2D eigenvalue weighted by molar-refractivity contribution is 5.94. The van der Waals surface area contributed by atoms with E-state index in [-0.39, 0.29) is 36.3 Å². The maximum atomic E-state index is 11.9. The van der Waals surface area contributed by atoms with E-state index in [1.165, 1.54) is 0 Å². The molecule has 3 N–H and O–H groups in total. The Kier molecular flexibility index (Phi) is 9.90. The van der Waals surface area contributed by atoms with Crippen molar-refractivity contribution in [3.8, 4) is 0 Å². The Labute approximate surface area is 121 Å². The molecule has 1 amide bonds. The van der Waals surface area contributed by atoms with Crippen LogP contribution in [0.3, 0.4) is 0 Å². The fourth-order valence-electron chi connectivity index (χ4n) is 1.58. The summed E-state index contributed by atoms with van der Waals surface area (Å²) >= 11 is 0. The lowest BCUT2D eigenvalue weighted by molar-refractivity contribution is 0.0895. The molecule has 0 aliphatic heterocycles. The van der Waals surface area contributed by atoms with Crippen molar-refractivity contribution in [2.75, 3.05) is 6.54 Å². The lowest BCUT2D eigenvalue weighted by Crippen LogP contribution is -2.52. The maximum absolute atomic E-state index is 11.9. The molecule has 1 rings (SSSR count). The molecular formula is C12H21Cl2N3O. The first kappa shape index (κ1) is 19.5. The van der Waals surface area contributed by atoms with Crippen molar-refractivity contribution < 1.29 is 4.79 Å². The number of nitrogens with zero attached hydrogens (tertiary/aromatic N) is 1. The normalized spacial score (nSPS) is 9.94. The molecule has 0 fully saturated rings. The lowest BCUT2D eigenvalue weighted by atomic mass is 9.92. The lowest BCUT2D eigenvalue weighted by Gasteiger charge is -2.31. The van der Waals surface area contributed by atoms with Gasteiger partial charge < -0.3 is 11.1 Å². The number of amides is 1. The fraction of sp³-hybridized carbons (Fsp3) is 0.500. The van der Waals surface area contributed by atoms with E-state index in [1.807, 2.05) is 13.8 Å². The third-order valence-electron chi connectivity index (χ3n) is 3.07. The number of rotatable bonds is 5. The van der Waals surface area contributed by atoms with Gasteiger partial charge in [0.15, 0.2) is 0 Å². The number of halogens is 2. The largest absolute Gasteiger partial charge is 0.345 e. The molecule has 0 atom stereocenters. The smallest absolute Gasteiger partial charge is 0.251 e. The molecule has 0 aliphatic rings. The van der Waals surface area contributed by atoms with Gasteiger partial charge in [-0.2, -0.15) is 0 Å². The monoisotopic (exact) mass is 293 g/mol. The van der Waals surface area contributed by atoms with Gasteiger partial charge in [0, 0.05) is 24.5 Å². The molecule has 0 saturated heterocycles. The number of carbonyl (C=O) groups is 1. The fourth-order valence-corrected chi connectivity index (χ4v) is 1.58. The third kappa shape index (κ3) is 4.80. The van der Waals surface area contributed by atoms with E-state index in [9.17, 15) is 4.79 Å². The molecule has 1 heterocycles. The molecule has 0 saturated carbocycles. The van der Waals surface area contributed by atoms with Crippen molar-refractivity contribution in [3.05, 3.63) is 30.1 Å². The van der Waals surface area contributed by atoms with Gasteiger partial charge in [-0.1, -0.05) is 13.8 Å². The molecule has 0 radical (unpaired) electrons. The molecule has 1 aromatic heterocycles. The van der Waals surface area contributed by atoms with Gasteiger partial charge in [-0.3, -0.25) is 9.78 Å². The second kappa shape index (κ2) is 9.14. The summed E-state index contributed by atoms with van der Waals surface area (Å²) in [5.41, 5.74) is 6.06. The topological polar surface area (TPSA) is 68.0 Å². The van der Waals surface area contributed by atoms with Gasteiger partial charge in [0.05, 0.1) is 5.54 Å². The van der Waals surface area contributed by atoms with E-state index < -0.39 is 0 Å². The Morgan fingerprint density at radius 3 is 2.17 bits per heavy atom. The maximum Gasteiger partial charge on any atom is 0.251 e. The molecule has 1 aromatic rings. The van der Waals surface area contributed by atoms with Crippen LogP contribution in [-0.4, -0.2) is 23.0 Å². The number of hydrogen-bond donors (Lipinski definition) is 2. The summed E-state index contributed by atoms with van der Waals surface area (Å²) in [4.78, 5) is 15.8. The van der Waals surface area contributed by atoms with Gasteiger partial charge in [0.1, 0.15) is 0 Å². The average molecular weight is 294 g/mol. The zero-order valence-electron chi connectivity index (χ0n) is 10.7. The van der Waals surface area contributed by atoms with Crippen LogP contribution in [-0.2, 0) is 0 Å². The van der Waals surface area contributed by atoms with Crippen molar-refractivity contribution in [1.29, 1.82) is 0 Å². The summed E-state index contributed by atoms with van der Waals surface area (Å²) in [6.45, 7) is 4.52. The summed E-state index contributed by atoms with van der Waals surface area (Å²) in [5, 5.41) is 3.00. The van der Waals surface area contributed by atoms with Gasteiger partial charge in [-0.25, -0.2) is 0 Å². The minimum absolute atomic E-state index is 0. The molecule has 104 valence electrons.